The molecule has 0 spiro atoms. The SMILES string of the molecule is OCCN1C(CO)C(O)C(O)C(O)C1CO. The second-order valence-corrected chi connectivity index (χ2v) is 3.93. The highest BCUT2D eigenvalue weighted by Crippen LogP contribution is 2.23. The standard InChI is InChI=1S/C9H19NO6/c11-2-1-10-5(3-12)7(14)9(16)8(15)6(10)4-13/h5-9,11-16H,1-4H2. The van der Waals surface area contributed by atoms with Crippen LogP contribution in [-0.4, -0.2) is 92.3 Å². The van der Waals surface area contributed by atoms with Gasteiger partial charge < -0.3 is 30.6 Å². The van der Waals surface area contributed by atoms with E-state index in [2.05, 4.69) is 0 Å². The van der Waals surface area contributed by atoms with E-state index in [1.54, 1.807) is 0 Å². The highest BCUT2D eigenvalue weighted by atomic mass is 16.4. The van der Waals surface area contributed by atoms with E-state index in [0.717, 1.165) is 0 Å². The Kier molecular flexibility index (Phi) is 5.06. The van der Waals surface area contributed by atoms with Crippen LogP contribution in [0.25, 0.3) is 0 Å². The molecule has 0 aromatic heterocycles. The van der Waals surface area contributed by atoms with Crippen LogP contribution in [0.3, 0.4) is 0 Å². The Bertz CT molecular complexity index is 198. The summed E-state index contributed by atoms with van der Waals surface area (Å²) in [6.07, 6.45) is -4.03. The molecule has 1 heterocycles. The monoisotopic (exact) mass is 237 g/mol. The molecule has 4 atom stereocenters. The lowest BCUT2D eigenvalue weighted by molar-refractivity contribution is -0.179. The number of hydrogen-bond acceptors (Lipinski definition) is 7. The quantitative estimate of drug-likeness (QED) is 0.295. The normalized spacial score (nSPS) is 41.2. The molecule has 0 radical (unpaired) electrons. The predicted molar refractivity (Wildman–Crippen MR) is 53.6 cm³/mol. The average Bonchev–Trinajstić information content (AvgIpc) is 2.28. The zero-order valence-electron chi connectivity index (χ0n) is 8.85. The van der Waals surface area contributed by atoms with Crippen molar-refractivity contribution >= 4 is 0 Å². The topological polar surface area (TPSA) is 125 Å². The van der Waals surface area contributed by atoms with Gasteiger partial charge in [-0.25, -0.2) is 0 Å². The van der Waals surface area contributed by atoms with Gasteiger partial charge in [0.1, 0.15) is 18.3 Å². The molecule has 16 heavy (non-hydrogen) atoms. The number of aliphatic hydroxyl groups excluding tert-OH is 6. The molecule has 7 heteroatoms. The third kappa shape index (κ3) is 2.35. The summed E-state index contributed by atoms with van der Waals surface area (Å²) in [5, 5.41) is 55.9. The molecule has 0 aromatic rings. The van der Waals surface area contributed by atoms with Gasteiger partial charge in [-0.05, 0) is 0 Å². The van der Waals surface area contributed by atoms with E-state index in [1.165, 1.54) is 4.90 Å². The lowest BCUT2D eigenvalue weighted by Gasteiger charge is -2.47. The van der Waals surface area contributed by atoms with Crippen LogP contribution in [0.15, 0.2) is 0 Å². The Labute approximate surface area is 93.2 Å². The van der Waals surface area contributed by atoms with Crippen molar-refractivity contribution in [3.05, 3.63) is 0 Å². The zero-order valence-corrected chi connectivity index (χ0v) is 8.85. The number of likely N-dealkylation sites (tertiary alicyclic amines) is 1. The summed E-state index contributed by atoms with van der Waals surface area (Å²) in [7, 11) is 0. The third-order valence-electron chi connectivity index (χ3n) is 3.07. The molecule has 1 saturated heterocycles. The van der Waals surface area contributed by atoms with Crippen molar-refractivity contribution in [1.29, 1.82) is 0 Å². The second-order valence-electron chi connectivity index (χ2n) is 3.93. The van der Waals surface area contributed by atoms with Crippen LogP contribution >= 0.6 is 0 Å². The van der Waals surface area contributed by atoms with Gasteiger partial charge in [-0.2, -0.15) is 0 Å². The second kappa shape index (κ2) is 5.87. The van der Waals surface area contributed by atoms with Crippen LogP contribution in [0.4, 0.5) is 0 Å². The summed E-state index contributed by atoms with van der Waals surface area (Å²) in [5.41, 5.74) is 0. The minimum absolute atomic E-state index is 0.0945. The third-order valence-corrected chi connectivity index (χ3v) is 3.07. The minimum Gasteiger partial charge on any atom is -0.395 e. The molecule has 0 aromatic carbocycles. The molecule has 96 valence electrons. The molecule has 1 fully saturated rings. The first-order valence-electron chi connectivity index (χ1n) is 5.21. The number of rotatable bonds is 4. The Hall–Kier alpha value is -0.280. The lowest BCUT2D eigenvalue weighted by Crippen LogP contribution is -2.68. The van der Waals surface area contributed by atoms with Crippen molar-refractivity contribution in [2.24, 2.45) is 0 Å². The van der Waals surface area contributed by atoms with Crippen molar-refractivity contribution in [2.45, 2.75) is 30.4 Å². The highest BCUT2D eigenvalue weighted by molar-refractivity contribution is 4.99. The maximum absolute atomic E-state index is 9.64. The first-order chi connectivity index (χ1) is 7.58. The van der Waals surface area contributed by atoms with Gasteiger partial charge in [-0.3, -0.25) is 4.90 Å². The van der Waals surface area contributed by atoms with Crippen LogP contribution in [0.2, 0.25) is 0 Å². The van der Waals surface area contributed by atoms with Gasteiger partial charge in [0, 0.05) is 6.54 Å². The molecule has 1 aliphatic heterocycles. The highest BCUT2D eigenvalue weighted by Gasteiger charge is 2.46. The van der Waals surface area contributed by atoms with E-state index in [0.29, 0.717) is 0 Å². The largest absolute Gasteiger partial charge is 0.395 e. The fourth-order valence-electron chi connectivity index (χ4n) is 2.17. The van der Waals surface area contributed by atoms with Crippen LogP contribution in [-0.2, 0) is 0 Å². The number of aliphatic hydroxyl groups is 6. The molecule has 0 saturated carbocycles. The zero-order chi connectivity index (χ0) is 12.3. The number of β-amino-alcohol motifs (C(OH)–C–C–N with tert-alkyl or cyclic N) is 1. The van der Waals surface area contributed by atoms with E-state index in [9.17, 15) is 15.3 Å². The van der Waals surface area contributed by atoms with Crippen molar-refractivity contribution in [2.75, 3.05) is 26.4 Å². The van der Waals surface area contributed by atoms with Crippen molar-refractivity contribution in [1.82, 2.24) is 4.90 Å². The van der Waals surface area contributed by atoms with Gasteiger partial charge in [0.2, 0.25) is 0 Å². The van der Waals surface area contributed by atoms with E-state index >= 15 is 0 Å². The lowest BCUT2D eigenvalue weighted by atomic mass is 9.88. The van der Waals surface area contributed by atoms with E-state index in [1.807, 2.05) is 0 Å². The van der Waals surface area contributed by atoms with E-state index in [4.69, 9.17) is 15.3 Å². The fourth-order valence-corrected chi connectivity index (χ4v) is 2.17. The molecular weight excluding hydrogens is 218 g/mol. The summed E-state index contributed by atoms with van der Waals surface area (Å²) < 4.78 is 0. The van der Waals surface area contributed by atoms with Gasteiger partial charge in [-0.15, -0.1) is 0 Å². The summed E-state index contributed by atoms with van der Waals surface area (Å²) in [6, 6.07) is -1.61. The van der Waals surface area contributed by atoms with Gasteiger partial charge in [0.25, 0.3) is 0 Å². The summed E-state index contributed by atoms with van der Waals surface area (Å²) >= 11 is 0. The molecule has 7 nitrogen and oxygen atoms in total. The summed E-state index contributed by atoms with van der Waals surface area (Å²) in [6.45, 7) is -0.997. The van der Waals surface area contributed by atoms with Crippen LogP contribution in [0, 0.1) is 0 Å². The Morgan fingerprint density at radius 3 is 1.50 bits per heavy atom. The number of nitrogens with zero attached hydrogens (tertiary/aromatic N) is 1. The molecule has 1 aliphatic rings. The summed E-state index contributed by atoms with van der Waals surface area (Å²) in [5.74, 6) is 0. The van der Waals surface area contributed by atoms with Crippen molar-refractivity contribution in [3.63, 3.8) is 0 Å². The smallest absolute Gasteiger partial charge is 0.109 e. The van der Waals surface area contributed by atoms with Crippen molar-refractivity contribution in [3.8, 4) is 0 Å². The maximum Gasteiger partial charge on any atom is 0.109 e. The fraction of sp³-hybridized carbons (Fsp3) is 1.00. The van der Waals surface area contributed by atoms with Crippen molar-refractivity contribution < 1.29 is 30.6 Å². The van der Waals surface area contributed by atoms with Crippen LogP contribution < -0.4 is 0 Å². The predicted octanol–water partition coefficient (Wildman–Crippen LogP) is -3.90. The number of piperidine rings is 1. The van der Waals surface area contributed by atoms with E-state index in [-0.39, 0.29) is 13.2 Å². The van der Waals surface area contributed by atoms with Gasteiger partial charge in [0.05, 0.1) is 31.9 Å². The molecule has 0 bridgehead atoms. The first kappa shape index (κ1) is 13.8. The molecular formula is C9H19NO6. The maximum atomic E-state index is 9.64. The van der Waals surface area contributed by atoms with Crippen LogP contribution in [0.5, 0.6) is 0 Å². The Balaban J connectivity index is 2.88. The minimum atomic E-state index is -1.41. The van der Waals surface area contributed by atoms with Gasteiger partial charge >= 0.3 is 0 Å². The first-order valence-corrected chi connectivity index (χ1v) is 5.21. The molecule has 1 rings (SSSR count). The summed E-state index contributed by atoms with van der Waals surface area (Å²) in [4.78, 5) is 1.40. The van der Waals surface area contributed by atoms with Gasteiger partial charge in [-0.1, -0.05) is 0 Å². The number of hydrogen-bond donors (Lipinski definition) is 6. The Morgan fingerprint density at radius 2 is 1.19 bits per heavy atom. The molecule has 0 amide bonds. The van der Waals surface area contributed by atoms with Crippen LogP contribution in [0.1, 0.15) is 0 Å². The average molecular weight is 237 g/mol. The Morgan fingerprint density at radius 1 is 0.750 bits per heavy atom. The van der Waals surface area contributed by atoms with E-state index < -0.39 is 43.6 Å². The molecule has 0 aliphatic carbocycles. The molecule has 4 unspecified atom stereocenters. The van der Waals surface area contributed by atoms with Gasteiger partial charge in [0.15, 0.2) is 0 Å². The molecule has 6 N–H and O–H groups in total.